The van der Waals surface area contributed by atoms with E-state index in [1.165, 1.54) is 0 Å². The van der Waals surface area contributed by atoms with Gasteiger partial charge in [0, 0.05) is 16.1 Å². The number of carbonyl (C=O) groups is 1. The number of halogens is 1. The molecule has 1 aromatic rings. The Hall–Kier alpha value is -0.830. The van der Waals surface area contributed by atoms with Gasteiger partial charge in [-0.15, -0.1) is 0 Å². The number of amides is 1. The number of anilines is 1. The molecule has 0 aliphatic carbocycles. The lowest BCUT2D eigenvalue weighted by Gasteiger charge is -2.11. The molecule has 0 atom stereocenters. The van der Waals surface area contributed by atoms with Crippen molar-refractivity contribution in [1.82, 2.24) is 0 Å². The van der Waals surface area contributed by atoms with E-state index in [9.17, 15) is 4.79 Å². The average Bonchev–Trinajstić information content (AvgIpc) is 2.13. The number of nitrogens with one attached hydrogen (secondary N) is 1. The molecule has 0 bridgehead atoms. The van der Waals surface area contributed by atoms with Crippen LogP contribution in [0, 0.1) is 19.8 Å². The first-order chi connectivity index (χ1) is 6.91. The molecule has 0 saturated heterocycles. The standard InChI is InChI=1S/C12H16BrNO/c1-7(2)12(15)14-10-5-8(3)11(13)9(4)6-10/h5-7H,1-4H3,(H,14,15). The molecule has 0 aliphatic heterocycles. The SMILES string of the molecule is Cc1cc(NC(=O)C(C)C)cc(C)c1Br. The Bertz CT molecular complexity index is 362. The molecule has 0 saturated carbocycles. The van der Waals surface area contributed by atoms with Crippen LogP contribution in [-0.4, -0.2) is 5.91 Å². The Morgan fingerprint density at radius 3 is 2.13 bits per heavy atom. The van der Waals surface area contributed by atoms with Crippen molar-refractivity contribution < 1.29 is 4.79 Å². The summed E-state index contributed by atoms with van der Waals surface area (Å²) in [6.07, 6.45) is 0. The zero-order chi connectivity index (χ0) is 11.6. The van der Waals surface area contributed by atoms with Crippen LogP contribution in [0.1, 0.15) is 25.0 Å². The van der Waals surface area contributed by atoms with E-state index in [2.05, 4.69) is 21.2 Å². The van der Waals surface area contributed by atoms with Crippen LogP contribution < -0.4 is 5.32 Å². The summed E-state index contributed by atoms with van der Waals surface area (Å²) in [5.41, 5.74) is 3.13. The molecule has 0 heterocycles. The minimum absolute atomic E-state index is 0.00857. The van der Waals surface area contributed by atoms with Gasteiger partial charge in [0.05, 0.1) is 0 Å². The van der Waals surface area contributed by atoms with E-state index >= 15 is 0 Å². The topological polar surface area (TPSA) is 29.1 Å². The molecular weight excluding hydrogens is 254 g/mol. The van der Waals surface area contributed by atoms with Gasteiger partial charge in [-0.3, -0.25) is 4.79 Å². The van der Waals surface area contributed by atoms with Crippen molar-refractivity contribution in [3.63, 3.8) is 0 Å². The van der Waals surface area contributed by atoms with Crippen LogP contribution in [-0.2, 0) is 4.79 Å². The Labute approximate surface area is 99.2 Å². The minimum atomic E-state index is 0.00857. The fraction of sp³-hybridized carbons (Fsp3) is 0.417. The second kappa shape index (κ2) is 4.79. The Kier molecular flexibility index (Phi) is 3.91. The summed E-state index contributed by atoms with van der Waals surface area (Å²) in [7, 11) is 0. The van der Waals surface area contributed by atoms with E-state index < -0.39 is 0 Å². The number of hydrogen-bond acceptors (Lipinski definition) is 1. The molecule has 2 nitrogen and oxygen atoms in total. The van der Waals surface area contributed by atoms with Crippen molar-refractivity contribution in [3.8, 4) is 0 Å². The van der Waals surface area contributed by atoms with Crippen LogP contribution in [0.25, 0.3) is 0 Å². The van der Waals surface area contributed by atoms with E-state index in [0.717, 1.165) is 21.3 Å². The molecule has 0 fully saturated rings. The molecule has 0 spiro atoms. The van der Waals surface area contributed by atoms with Gasteiger partial charge in [-0.05, 0) is 37.1 Å². The molecule has 0 aromatic heterocycles. The first kappa shape index (κ1) is 12.2. The van der Waals surface area contributed by atoms with E-state index in [-0.39, 0.29) is 11.8 Å². The maximum Gasteiger partial charge on any atom is 0.226 e. The quantitative estimate of drug-likeness (QED) is 0.873. The third-order valence-electron chi connectivity index (χ3n) is 2.23. The lowest BCUT2D eigenvalue weighted by atomic mass is 10.1. The van der Waals surface area contributed by atoms with Crippen LogP contribution in [0.2, 0.25) is 0 Å². The zero-order valence-electron chi connectivity index (χ0n) is 9.52. The highest BCUT2D eigenvalue weighted by Crippen LogP contribution is 2.25. The monoisotopic (exact) mass is 269 g/mol. The lowest BCUT2D eigenvalue weighted by Crippen LogP contribution is -2.17. The number of benzene rings is 1. The molecule has 0 unspecified atom stereocenters. The normalized spacial score (nSPS) is 10.5. The minimum Gasteiger partial charge on any atom is -0.326 e. The predicted molar refractivity (Wildman–Crippen MR) is 67.1 cm³/mol. The van der Waals surface area contributed by atoms with Gasteiger partial charge < -0.3 is 5.32 Å². The van der Waals surface area contributed by atoms with Gasteiger partial charge in [0.1, 0.15) is 0 Å². The maximum absolute atomic E-state index is 11.5. The summed E-state index contributed by atoms with van der Waals surface area (Å²) in [6, 6.07) is 3.94. The largest absolute Gasteiger partial charge is 0.326 e. The summed E-state index contributed by atoms with van der Waals surface area (Å²) >= 11 is 3.50. The van der Waals surface area contributed by atoms with E-state index in [0.29, 0.717) is 0 Å². The Morgan fingerprint density at radius 1 is 1.27 bits per heavy atom. The third kappa shape index (κ3) is 3.06. The summed E-state index contributed by atoms with van der Waals surface area (Å²) in [5, 5.41) is 2.89. The number of hydrogen-bond donors (Lipinski definition) is 1. The molecule has 0 aliphatic rings. The van der Waals surface area contributed by atoms with Gasteiger partial charge in [0.15, 0.2) is 0 Å². The lowest BCUT2D eigenvalue weighted by molar-refractivity contribution is -0.118. The van der Waals surface area contributed by atoms with Gasteiger partial charge in [-0.2, -0.15) is 0 Å². The molecule has 15 heavy (non-hydrogen) atoms. The average molecular weight is 270 g/mol. The predicted octanol–water partition coefficient (Wildman–Crippen LogP) is 3.66. The molecule has 3 heteroatoms. The maximum atomic E-state index is 11.5. The molecule has 1 amide bonds. The third-order valence-corrected chi connectivity index (χ3v) is 3.48. The van der Waals surface area contributed by atoms with Gasteiger partial charge in [-0.25, -0.2) is 0 Å². The highest BCUT2D eigenvalue weighted by Gasteiger charge is 2.08. The van der Waals surface area contributed by atoms with Crippen molar-refractivity contribution in [1.29, 1.82) is 0 Å². The highest BCUT2D eigenvalue weighted by atomic mass is 79.9. The molecule has 1 N–H and O–H groups in total. The van der Waals surface area contributed by atoms with E-state index in [4.69, 9.17) is 0 Å². The van der Waals surface area contributed by atoms with Crippen LogP contribution in [0.5, 0.6) is 0 Å². The van der Waals surface area contributed by atoms with Crippen molar-refractivity contribution >= 4 is 27.5 Å². The van der Waals surface area contributed by atoms with E-state index in [1.807, 2.05) is 39.8 Å². The van der Waals surface area contributed by atoms with Crippen LogP contribution in [0.15, 0.2) is 16.6 Å². The summed E-state index contributed by atoms with van der Waals surface area (Å²) in [6.45, 7) is 7.80. The van der Waals surface area contributed by atoms with Crippen molar-refractivity contribution in [2.45, 2.75) is 27.7 Å². The molecule has 82 valence electrons. The van der Waals surface area contributed by atoms with Crippen LogP contribution in [0.4, 0.5) is 5.69 Å². The number of aryl methyl sites for hydroxylation is 2. The van der Waals surface area contributed by atoms with Crippen LogP contribution >= 0.6 is 15.9 Å². The first-order valence-electron chi connectivity index (χ1n) is 4.99. The van der Waals surface area contributed by atoms with Crippen molar-refractivity contribution in [2.24, 2.45) is 5.92 Å². The second-order valence-electron chi connectivity index (χ2n) is 4.07. The summed E-state index contributed by atoms with van der Waals surface area (Å²) in [5.74, 6) is 0.0605. The van der Waals surface area contributed by atoms with Gasteiger partial charge >= 0.3 is 0 Å². The smallest absolute Gasteiger partial charge is 0.226 e. The Balaban J connectivity index is 2.93. The van der Waals surface area contributed by atoms with Crippen molar-refractivity contribution in [2.75, 3.05) is 5.32 Å². The van der Waals surface area contributed by atoms with E-state index in [1.54, 1.807) is 0 Å². The van der Waals surface area contributed by atoms with Gasteiger partial charge in [0.25, 0.3) is 0 Å². The molecular formula is C12H16BrNO. The zero-order valence-corrected chi connectivity index (χ0v) is 11.1. The Morgan fingerprint density at radius 2 is 1.73 bits per heavy atom. The summed E-state index contributed by atoms with van der Waals surface area (Å²) in [4.78, 5) is 11.5. The fourth-order valence-corrected chi connectivity index (χ4v) is 1.53. The second-order valence-corrected chi connectivity index (χ2v) is 4.86. The van der Waals surface area contributed by atoms with Crippen molar-refractivity contribution in [3.05, 3.63) is 27.7 Å². The molecule has 1 aromatic carbocycles. The molecule has 1 rings (SSSR count). The number of rotatable bonds is 2. The summed E-state index contributed by atoms with van der Waals surface area (Å²) < 4.78 is 1.10. The fourth-order valence-electron chi connectivity index (χ4n) is 1.30. The van der Waals surface area contributed by atoms with Gasteiger partial charge in [0.2, 0.25) is 5.91 Å². The number of carbonyl (C=O) groups excluding carboxylic acids is 1. The molecule has 0 radical (unpaired) electrons. The van der Waals surface area contributed by atoms with Gasteiger partial charge in [-0.1, -0.05) is 29.8 Å². The first-order valence-corrected chi connectivity index (χ1v) is 5.78. The van der Waals surface area contributed by atoms with Crippen LogP contribution in [0.3, 0.4) is 0 Å². The highest BCUT2D eigenvalue weighted by molar-refractivity contribution is 9.10.